The van der Waals surface area contributed by atoms with E-state index in [0.717, 1.165) is 37.1 Å². The molecule has 0 amide bonds. The fourth-order valence-corrected chi connectivity index (χ4v) is 7.10. The molecular formula is C28H31F2N3O3S. The predicted octanol–water partition coefficient (Wildman–Crippen LogP) is 5.47. The summed E-state index contributed by atoms with van der Waals surface area (Å²) in [6.45, 7) is -2.94. The SMILES string of the molecule is CN=S(=O)(NC1CCCC(N2c3ccccc3CCc3ccccc32)C1O)c1ccc(OC(F)F)cc1. The van der Waals surface area contributed by atoms with Crippen molar-refractivity contribution in [3.8, 4) is 5.75 Å². The van der Waals surface area contributed by atoms with Crippen LogP contribution in [0.15, 0.2) is 82.1 Å². The number of nitrogens with zero attached hydrogens (tertiary/aromatic N) is 2. The zero-order valence-corrected chi connectivity index (χ0v) is 21.4. The number of hydrogen-bond donors (Lipinski definition) is 2. The summed E-state index contributed by atoms with van der Waals surface area (Å²) in [5.74, 6) is -0.0205. The summed E-state index contributed by atoms with van der Waals surface area (Å²) in [7, 11) is -1.66. The van der Waals surface area contributed by atoms with E-state index in [1.54, 1.807) is 0 Å². The average Bonchev–Trinajstić information content (AvgIpc) is 3.07. The van der Waals surface area contributed by atoms with E-state index in [1.807, 2.05) is 24.3 Å². The van der Waals surface area contributed by atoms with Gasteiger partial charge in [0.05, 0.1) is 17.0 Å². The normalized spacial score (nSPS) is 22.9. The number of benzene rings is 3. The third-order valence-electron chi connectivity index (χ3n) is 7.26. The standard InChI is InChI=1S/C28H31F2N3O3S/c1-31-37(35,22-17-15-21(16-18-22)36-28(29)30)32-23-9-6-12-26(27(23)34)33-24-10-4-2-7-19(24)13-14-20-8-3-5-11-25(20)33/h2-5,7-8,10-11,15-18,23,26-28,34H,6,9,12-14H2,1H3,(H,31,32,35). The Hall–Kier alpha value is -3.01. The minimum atomic E-state index is -3.11. The number of alkyl halides is 2. The van der Waals surface area contributed by atoms with Crippen LogP contribution in [0.4, 0.5) is 20.2 Å². The minimum absolute atomic E-state index is 0.0205. The summed E-state index contributed by atoms with van der Waals surface area (Å²) >= 11 is 0. The van der Waals surface area contributed by atoms with Gasteiger partial charge in [0.2, 0.25) is 0 Å². The second-order valence-corrected chi connectivity index (χ2v) is 11.5. The molecule has 1 saturated carbocycles. The maximum atomic E-state index is 13.8. The van der Waals surface area contributed by atoms with Crippen molar-refractivity contribution in [2.45, 2.75) is 61.8 Å². The molecule has 4 atom stereocenters. The lowest BCUT2D eigenvalue weighted by atomic mass is 9.86. The monoisotopic (exact) mass is 527 g/mol. The van der Waals surface area contributed by atoms with Gasteiger partial charge in [0.25, 0.3) is 0 Å². The summed E-state index contributed by atoms with van der Waals surface area (Å²) in [5, 5.41) is 11.7. The van der Waals surface area contributed by atoms with Crippen molar-refractivity contribution in [2.75, 3.05) is 11.9 Å². The molecule has 0 bridgehead atoms. The van der Waals surface area contributed by atoms with E-state index in [9.17, 15) is 18.1 Å². The van der Waals surface area contributed by atoms with Crippen molar-refractivity contribution in [1.29, 1.82) is 0 Å². The van der Waals surface area contributed by atoms with E-state index in [0.29, 0.717) is 11.3 Å². The first kappa shape index (κ1) is 25.6. The molecule has 0 saturated heterocycles. The molecule has 4 unspecified atom stereocenters. The first-order valence-corrected chi connectivity index (χ1v) is 14.0. The van der Waals surface area contributed by atoms with Crippen molar-refractivity contribution >= 4 is 21.3 Å². The molecule has 1 fully saturated rings. The fourth-order valence-electron chi connectivity index (χ4n) is 5.47. The number of fused-ring (bicyclic) bond motifs is 2. The van der Waals surface area contributed by atoms with Gasteiger partial charge >= 0.3 is 6.61 Å². The molecule has 196 valence electrons. The molecule has 2 N–H and O–H groups in total. The van der Waals surface area contributed by atoms with Crippen LogP contribution in [0.2, 0.25) is 0 Å². The summed E-state index contributed by atoms with van der Waals surface area (Å²) in [4.78, 5) is 2.61. The van der Waals surface area contributed by atoms with Crippen LogP contribution in [0.3, 0.4) is 0 Å². The largest absolute Gasteiger partial charge is 0.435 e. The molecule has 1 heterocycles. The lowest BCUT2D eigenvalue weighted by molar-refractivity contribution is -0.0498. The van der Waals surface area contributed by atoms with E-state index in [1.165, 1.54) is 42.4 Å². The summed E-state index contributed by atoms with van der Waals surface area (Å²) in [5.41, 5.74) is 4.65. The number of ether oxygens (including phenoxy) is 1. The molecule has 3 aromatic rings. The van der Waals surface area contributed by atoms with Crippen LogP contribution in [0, 0.1) is 0 Å². The van der Waals surface area contributed by atoms with Gasteiger partial charge in [-0.25, -0.2) is 13.3 Å². The molecule has 1 aliphatic carbocycles. The van der Waals surface area contributed by atoms with E-state index in [4.69, 9.17) is 0 Å². The smallest absolute Gasteiger partial charge is 0.387 e. The Morgan fingerprint density at radius 1 is 0.973 bits per heavy atom. The molecule has 37 heavy (non-hydrogen) atoms. The number of para-hydroxylation sites is 2. The van der Waals surface area contributed by atoms with Crippen LogP contribution in [0.5, 0.6) is 5.75 Å². The minimum Gasteiger partial charge on any atom is -0.435 e. The topological polar surface area (TPSA) is 74.2 Å². The van der Waals surface area contributed by atoms with Gasteiger partial charge in [-0.2, -0.15) is 8.78 Å². The summed E-state index contributed by atoms with van der Waals surface area (Å²) in [6.07, 6.45) is 3.27. The zero-order chi connectivity index (χ0) is 26.0. The number of nitrogens with one attached hydrogen (secondary N) is 1. The molecule has 6 nitrogen and oxygen atoms in total. The second kappa shape index (κ2) is 10.8. The van der Waals surface area contributed by atoms with Crippen LogP contribution >= 0.6 is 0 Å². The molecule has 0 aromatic heterocycles. The zero-order valence-electron chi connectivity index (χ0n) is 20.6. The molecule has 1 aliphatic heterocycles. The van der Waals surface area contributed by atoms with Gasteiger partial charge in [-0.15, -0.1) is 0 Å². The van der Waals surface area contributed by atoms with Crippen LogP contribution < -0.4 is 14.4 Å². The second-order valence-electron chi connectivity index (χ2n) is 9.40. The van der Waals surface area contributed by atoms with Crippen LogP contribution in [-0.4, -0.2) is 41.2 Å². The van der Waals surface area contributed by atoms with Crippen molar-refractivity contribution < 1.29 is 22.8 Å². The summed E-state index contributed by atoms with van der Waals surface area (Å²) < 4.78 is 50.6. The third kappa shape index (κ3) is 5.21. The number of hydrogen-bond acceptors (Lipinski definition) is 5. The number of rotatable bonds is 6. The Bertz CT molecular complexity index is 1310. The van der Waals surface area contributed by atoms with Crippen molar-refractivity contribution in [3.63, 3.8) is 0 Å². The molecule has 3 aromatic carbocycles. The van der Waals surface area contributed by atoms with Gasteiger partial charge in [-0.1, -0.05) is 36.4 Å². The molecule has 5 rings (SSSR count). The lowest BCUT2D eigenvalue weighted by Crippen LogP contribution is -2.55. The Kier molecular flexibility index (Phi) is 7.46. The molecule has 9 heteroatoms. The highest BCUT2D eigenvalue weighted by molar-refractivity contribution is 7.91. The third-order valence-corrected chi connectivity index (χ3v) is 9.30. The van der Waals surface area contributed by atoms with Crippen molar-refractivity contribution in [3.05, 3.63) is 83.9 Å². The van der Waals surface area contributed by atoms with Crippen LogP contribution in [0.25, 0.3) is 0 Å². The number of anilines is 2. The van der Waals surface area contributed by atoms with E-state index < -0.39 is 28.7 Å². The van der Waals surface area contributed by atoms with E-state index in [-0.39, 0.29) is 11.8 Å². The Labute approximate surface area is 216 Å². The highest BCUT2D eigenvalue weighted by atomic mass is 32.2. The van der Waals surface area contributed by atoms with Crippen LogP contribution in [-0.2, 0) is 22.8 Å². The Morgan fingerprint density at radius 3 is 2.14 bits per heavy atom. The quantitative estimate of drug-likeness (QED) is 0.446. The molecule has 2 aliphatic rings. The molecular weight excluding hydrogens is 496 g/mol. The Morgan fingerprint density at radius 2 is 1.57 bits per heavy atom. The van der Waals surface area contributed by atoms with Gasteiger partial charge in [-0.3, -0.25) is 0 Å². The molecule has 0 spiro atoms. The van der Waals surface area contributed by atoms with Gasteiger partial charge in [0.15, 0.2) is 0 Å². The highest BCUT2D eigenvalue weighted by Crippen LogP contribution is 2.41. The molecule has 0 radical (unpaired) electrons. The van der Waals surface area contributed by atoms with Crippen molar-refractivity contribution in [1.82, 2.24) is 4.72 Å². The highest BCUT2D eigenvalue weighted by Gasteiger charge is 2.39. The average molecular weight is 528 g/mol. The van der Waals surface area contributed by atoms with Crippen molar-refractivity contribution in [2.24, 2.45) is 4.36 Å². The Balaban J connectivity index is 1.45. The van der Waals surface area contributed by atoms with Crippen LogP contribution in [0.1, 0.15) is 30.4 Å². The van der Waals surface area contributed by atoms with E-state index >= 15 is 0 Å². The maximum Gasteiger partial charge on any atom is 0.387 e. The summed E-state index contributed by atoms with van der Waals surface area (Å²) in [6, 6.07) is 21.6. The van der Waals surface area contributed by atoms with E-state index in [2.05, 4.69) is 43.0 Å². The van der Waals surface area contributed by atoms with Gasteiger partial charge < -0.3 is 14.7 Å². The maximum absolute atomic E-state index is 13.8. The fraction of sp³-hybridized carbons (Fsp3) is 0.357. The van der Waals surface area contributed by atoms with Gasteiger partial charge in [0, 0.05) is 24.5 Å². The predicted molar refractivity (Wildman–Crippen MR) is 141 cm³/mol. The number of aliphatic hydroxyl groups excluding tert-OH is 1. The lowest BCUT2D eigenvalue weighted by Gasteiger charge is -2.43. The number of aliphatic hydroxyl groups is 1. The first-order chi connectivity index (χ1) is 17.9. The number of aryl methyl sites for hydroxylation is 2. The van der Waals surface area contributed by atoms with Gasteiger partial charge in [0.1, 0.15) is 15.7 Å². The number of halogens is 2. The first-order valence-electron chi connectivity index (χ1n) is 12.5. The van der Waals surface area contributed by atoms with Gasteiger partial charge in [-0.05, 0) is 79.6 Å².